The van der Waals surface area contributed by atoms with Crippen LogP contribution in [0.3, 0.4) is 0 Å². The van der Waals surface area contributed by atoms with Gasteiger partial charge in [0.1, 0.15) is 17.1 Å². The van der Waals surface area contributed by atoms with Gasteiger partial charge in [0.2, 0.25) is 11.7 Å². The molecule has 0 saturated heterocycles. The monoisotopic (exact) mass is 457 g/mol. The average molecular weight is 458 g/mol. The highest BCUT2D eigenvalue weighted by atomic mass is 35.5. The summed E-state index contributed by atoms with van der Waals surface area (Å²) in [6.45, 7) is 7.25. The molecule has 0 radical (unpaired) electrons. The summed E-state index contributed by atoms with van der Waals surface area (Å²) in [5, 5.41) is 7.46. The molecule has 1 N–H and O–H groups in total. The molecule has 4 aromatic rings. The van der Waals surface area contributed by atoms with Crippen LogP contribution in [0.4, 0.5) is 9.18 Å². The Balaban J connectivity index is 1.70. The summed E-state index contributed by atoms with van der Waals surface area (Å²) in [5.41, 5.74) is 1.83. The molecule has 3 heterocycles. The van der Waals surface area contributed by atoms with E-state index in [0.29, 0.717) is 38.9 Å². The van der Waals surface area contributed by atoms with Gasteiger partial charge in [-0.2, -0.15) is 4.98 Å². The molecule has 3 aromatic heterocycles. The van der Waals surface area contributed by atoms with Crippen molar-refractivity contribution in [3.8, 4) is 17.2 Å². The number of carbonyl (C=O) groups excluding carboxylic acids is 1. The molecule has 4 rings (SSSR count). The largest absolute Gasteiger partial charge is 0.444 e. The first kappa shape index (κ1) is 21.8. The Morgan fingerprint density at radius 2 is 2.06 bits per heavy atom. The third kappa shape index (κ3) is 4.43. The molecular weight excluding hydrogens is 437 g/mol. The van der Waals surface area contributed by atoms with E-state index in [4.69, 9.17) is 20.9 Å². The third-order valence-electron chi connectivity index (χ3n) is 4.49. The summed E-state index contributed by atoms with van der Waals surface area (Å²) in [7, 11) is 0. The predicted molar refractivity (Wildman–Crippen MR) is 117 cm³/mol. The number of pyridine rings is 1. The Bertz CT molecular complexity index is 1290. The fourth-order valence-electron chi connectivity index (χ4n) is 3.22. The van der Waals surface area contributed by atoms with Gasteiger partial charge in [0.15, 0.2) is 0 Å². The first-order valence-corrected chi connectivity index (χ1v) is 10.2. The second kappa shape index (κ2) is 8.23. The van der Waals surface area contributed by atoms with E-state index in [1.165, 1.54) is 12.1 Å². The second-order valence-electron chi connectivity index (χ2n) is 8.16. The summed E-state index contributed by atoms with van der Waals surface area (Å²) in [4.78, 5) is 20.6. The number of carbonyl (C=O) groups is 1. The molecule has 0 aliphatic carbocycles. The highest BCUT2D eigenvalue weighted by Gasteiger charge is 2.23. The van der Waals surface area contributed by atoms with Gasteiger partial charge in [0, 0.05) is 12.3 Å². The molecule has 10 heteroatoms. The molecule has 0 aliphatic heterocycles. The second-order valence-corrected chi connectivity index (χ2v) is 8.54. The predicted octanol–water partition coefficient (Wildman–Crippen LogP) is 5.20. The van der Waals surface area contributed by atoms with Crippen LogP contribution in [0.1, 0.15) is 32.4 Å². The normalized spacial score (nSPS) is 11.7. The van der Waals surface area contributed by atoms with Crippen molar-refractivity contribution < 1.29 is 18.4 Å². The number of amides is 1. The summed E-state index contributed by atoms with van der Waals surface area (Å²) in [5.74, 6) is 0.245. The first-order chi connectivity index (χ1) is 15.1. The van der Waals surface area contributed by atoms with Crippen LogP contribution in [0.15, 0.2) is 41.1 Å². The molecule has 0 fully saturated rings. The number of fused-ring (bicyclic) bond motifs is 1. The van der Waals surface area contributed by atoms with Crippen LogP contribution in [0, 0.1) is 12.7 Å². The first-order valence-electron chi connectivity index (χ1n) is 9.84. The summed E-state index contributed by atoms with van der Waals surface area (Å²) >= 11 is 6.61. The van der Waals surface area contributed by atoms with E-state index in [2.05, 4.69) is 20.4 Å². The van der Waals surface area contributed by atoms with Gasteiger partial charge in [0.25, 0.3) is 0 Å². The summed E-state index contributed by atoms with van der Waals surface area (Å²) in [6.07, 6.45) is 1.10. The highest BCUT2D eigenvalue weighted by Crippen LogP contribution is 2.38. The Labute approximate surface area is 188 Å². The number of alkyl carbamates (subject to hydrolysis) is 1. The number of benzene rings is 1. The molecule has 0 saturated carbocycles. The van der Waals surface area contributed by atoms with Gasteiger partial charge in [0.05, 0.1) is 34.7 Å². The lowest BCUT2D eigenvalue weighted by Crippen LogP contribution is -2.32. The number of nitrogens with zero attached hydrogens (tertiary/aromatic N) is 4. The quantitative estimate of drug-likeness (QED) is 0.452. The van der Waals surface area contributed by atoms with Crippen LogP contribution in [0.5, 0.6) is 0 Å². The van der Waals surface area contributed by atoms with Gasteiger partial charge in [-0.15, -0.1) is 0 Å². The Morgan fingerprint density at radius 1 is 1.28 bits per heavy atom. The SMILES string of the molecule is Cc1nc(-c2c(Cl)c3cc(F)ccc3n2-c2ccc(CNC(=O)OC(C)(C)C)nc2)no1. The molecule has 0 spiro atoms. The van der Waals surface area contributed by atoms with Gasteiger partial charge in [-0.3, -0.25) is 4.98 Å². The number of ether oxygens (including phenoxy) is 1. The fourth-order valence-corrected chi connectivity index (χ4v) is 3.54. The molecule has 166 valence electrons. The third-order valence-corrected chi connectivity index (χ3v) is 4.87. The number of aryl methyl sites for hydroxylation is 1. The number of rotatable bonds is 4. The molecule has 0 aliphatic rings. The molecule has 0 atom stereocenters. The van der Waals surface area contributed by atoms with E-state index in [-0.39, 0.29) is 12.4 Å². The number of hydrogen-bond donors (Lipinski definition) is 1. The van der Waals surface area contributed by atoms with Crippen LogP contribution in [0.2, 0.25) is 5.02 Å². The van der Waals surface area contributed by atoms with Crippen LogP contribution < -0.4 is 5.32 Å². The molecule has 0 bridgehead atoms. The topological polar surface area (TPSA) is 95.1 Å². The molecule has 1 amide bonds. The minimum atomic E-state index is -0.584. The number of nitrogens with one attached hydrogen (secondary N) is 1. The van der Waals surface area contributed by atoms with Gasteiger partial charge in [-0.05, 0) is 51.1 Å². The minimum absolute atomic E-state index is 0.199. The van der Waals surface area contributed by atoms with Crippen molar-refractivity contribution in [2.24, 2.45) is 0 Å². The smallest absolute Gasteiger partial charge is 0.407 e. The maximum Gasteiger partial charge on any atom is 0.407 e. The Hall–Kier alpha value is -3.46. The van der Waals surface area contributed by atoms with Gasteiger partial charge in [-0.1, -0.05) is 16.8 Å². The lowest BCUT2D eigenvalue weighted by Gasteiger charge is -2.19. The molecule has 8 nitrogen and oxygen atoms in total. The lowest BCUT2D eigenvalue weighted by molar-refractivity contribution is 0.0523. The maximum absolute atomic E-state index is 13.9. The highest BCUT2D eigenvalue weighted by molar-refractivity contribution is 6.38. The maximum atomic E-state index is 13.9. The van der Waals surface area contributed by atoms with Crippen molar-refractivity contribution in [1.29, 1.82) is 0 Å². The van der Waals surface area contributed by atoms with Crippen LogP contribution >= 0.6 is 11.6 Å². The van der Waals surface area contributed by atoms with Crippen LogP contribution in [0.25, 0.3) is 28.1 Å². The lowest BCUT2D eigenvalue weighted by atomic mass is 10.2. The van der Waals surface area contributed by atoms with E-state index in [9.17, 15) is 9.18 Å². The summed E-state index contributed by atoms with van der Waals surface area (Å²) in [6, 6.07) is 7.92. The van der Waals surface area contributed by atoms with E-state index in [1.54, 1.807) is 50.6 Å². The van der Waals surface area contributed by atoms with Crippen molar-refractivity contribution in [2.75, 3.05) is 0 Å². The molecule has 0 unspecified atom stereocenters. The number of aromatic nitrogens is 4. The van der Waals surface area contributed by atoms with Crippen LogP contribution in [-0.2, 0) is 11.3 Å². The fraction of sp³-hybridized carbons (Fsp3) is 0.273. The Morgan fingerprint density at radius 3 is 2.69 bits per heavy atom. The van der Waals surface area contributed by atoms with Gasteiger partial charge >= 0.3 is 6.09 Å². The van der Waals surface area contributed by atoms with E-state index in [1.807, 2.05) is 6.07 Å². The number of hydrogen-bond acceptors (Lipinski definition) is 6. The standard InChI is InChI=1S/C22H21ClFN5O3/c1-12-27-20(28-32-12)19-18(23)16-9-13(24)5-8-17(16)29(19)15-7-6-14(25-11-15)10-26-21(30)31-22(2,3)4/h5-9,11H,10H2,1-4H3,(H,26,30). The van der Waals surface area contributed by atoms with Crippen molar-refractivity contribution in [1.82, 2.24) is 25.0 Å². The molecular formula is C22H21ClFN5O3. The van der Waals surface area contributed by atoms with Crippen molar-refractivity contribution in [3.05, 3.63) is 59.0 Å². The van der Waals surface area contributed by atoms with Gasteiger partial charge < -0.3 is 19.1 Å². The van der Waals surface area contributed by atoms with Crippen molar-refractivity contribution in [3.63, 3.8) is 0 Å². The Kier molecular flexibility index (Phi) is 5.60. The zero-order chi connectivity index (χ0) is 23.0. The van der Waals surface area contributed by atoms with Crippen LogP contribution in [-0.4, -0.2) is 31.4 Å². The van der Waals surface area contributed by atoms with Crippen molar-refractivity contribution in [2.45, 2.75) is 39.8 Å². The van der Waals surface area contributed by atoms with E-state index < -0.39 is 17.5 Å². The summed E-state index contributed by atoms with van der Waals surface area (Å²) < 4.78 is 26.0. The van der Waals surface area contributed by atoms with E-state index >= 15 is 0 Å². The molecule has 32 heavy (non-hydrogen) atoms. The number of halogens is 2. The molecule has 1 aromatic carbocycles. The van der Waals surface area contributed by atoms with Crippen molar-refractivity contribution >= 4 is 28.6 Å². The zero-order valence-corrected chi connectivity index (χ0v) is 18.7. The average Bonchev–Trinajstić information content (AvgIpc) is 3.26. The van der Waals surface area contributed by atoms with E-state index in [0.717, 1.165) is 0 Å². The van der Waals surface area contributed by atoms with Gasteiger partial charge in [-0.25, -0.2) is 9.18 Å². The minimum Gasteiger partial charge on any atom is -0.444 e. The zero-order valence-electron chi connectivity index (χ0n) is 17.9.